The van der Waals surface area contributed by atoms with Gasteiger partial charge in [-0.1, -0.05) is 65.3 Å². The molecule has 184 valence electrons. The van der Waals surface area contributed by atoms with Gasteiger partial charge in [-0.3, -0.25) is 4.79 Å². The number of thiophene rings is 1. The number of nitrogens with one attached hydrogen (secondary N) is 1. The second kappa shape index (κ2) is 11.8. The monoisotopic (exact) mass is 510 g/mol. The van der Waals surface area contributed by atoms with Crippen LogP contribution in [0.1, 0.15) is 27.2 Å². The van der Waals surface area contributed by atoms with Gasteiger partial charge in [-0.05, 0) is 55.5 Å². The van der Waals surface area contributed by atoms with Crippen LogP contribution in [0.4, 0.5) is 0 Å². The lowest BCUT2D eigenvalue weighted by Gasteiger charge is -2.21. The summed E-state index contributed by atoms with van der Waals surface area (Å²) >= 11 is 7.18. The summed E-state index contributed by atoms with van der Waals surface area (Å²) in [7, 11) is 6.36. The highest BCUT2D eigenvalue weighted by Gasteiger charge is 2.23. The molecular weight excluding hydrogens is 480 g/mol. The topological polar surface area (TPSA) is 57.2 Å². The molecule has 1 atom stereocenters. The summed E-state index contributed by atoms with van der Waals surface area (Å²) in [6.07, 6.45) is 0.473. The average Bonchev–Trinajstić information content (AvgIpc) is 3.51. The first-order valence-electron chi connectivity index (χ1n) is 11.7. The fourth-order valence-corrected chi connectivity index (χ4v) is 4.92. The van der Waals surface area contributed by atoms with Crippen molar-refractivity contribution in [2.45, 2.75) is 19.1 Å². The molecule has 0 fully saturated rings. The Balaban J connectivity index is 1.34. The molecule has 1 aliphatic rings. The molecule has 6 nitrogen and oxygen atoms in total. The summed E-state index contributed by atoms with van der Waals surface area (Å²) < 4.78 is 0.598. The van der Waals surface area contributed by atoms with Gasteiger partial charge in [-0.15, -0.1) is 11.3 Å². The van der Waals surface area contributed by atoms with Gasteiger partial charge in [0.15, 0.2) is 0 Å². The van der Waals surface area contributed by atoms with Crippen molar-refractivity contribution >= 4 is 34.6 Å². The molecule has 0 aliphatic carbocycles. The third-order valence-electron chi connectivity index (χ3n) is 5.94. The number of carbonyl (C=O) groups excluding carboxylic acids is 1. The zero-order valence-corrected chi connectivity index (χ0v) is 21.9. The predicted octanol–water partition coefficient (Wildman–Crippen LogP) is 4.98. The van der Waals surface area contributed by atoms with Crippen LogP contribution in [0.2, 0.25) is 4.34 Å². The normalized spacial score (nSPS) is 15.4. The Morgan fingerprint density at radius 2 is 1.80 bits per heavy atom. The van der Waals surface area contributed by atoms with Gasteiger partial charge in [0.1, 0.15) is 6.10 Å². The summed E-state index contributed by atoms with van der Waals surface area (Å²) in [5.41, 5.74) is 5.67. The van der Waals surface area contributed by atoms with Crippen LogP contribution in [0, 0.1) is 0 Å². The summed E-state index contributed by atoms with van der Waals surface area (Å²) in [6, 6.07) is 20.5. The number of carbonyl (C=O) groups is 1. The van der Waals surface area contributed by atoms with Crippen molar-refractivity contribution in [3.63, 3.8) is 0 Å². The van der Waals surface area contributed by atoms with Gasteiger partial charge >= 0.3 is 0 Å². The van der Waals surface area contributed by atoms with Gasteiger partial charge in [0.25, 0.3) is 5.91 Å². The largest absolute Gasteiger partial charge is 0.390 e. The maximum Gasteiger partial charge on any atom is 0.261 e. The summed E-state index contributed by atoms with van der Waals surface area (Å²) in [6.45, 7) is 3.35. The lowest BCUT2D eigenvalue weighted by Crippen LogP contribution is -2.31. The van der Waals surface area contributed by atoms with Gasteiger partial charge in [0.2, 0.25) is 0 Å². The Morgan fingerprint density at radius 1 is 1.06 bits per heavy atom. The lowest BCUT2D eigenvalue weighted by atomic mass is 9.96. The SMILES string of the molecule is CN(C)CCN(C)Cc1ccccc1-c1ccc(C2=NOC(CNC(=O)c3ccc(Cl)s3)C2)cc1. The van der Waals surface area contributed by atoms with E-state index in [-0.39, 0.29) is 12.0 Å². The summed E-state index contributed by atoms with van der Waals surface area (Å²) in [4.78, 5) is 23.0. The van der Waals surface area contributed by atoms with E-state index in [1.807, 2.05) is 0 Å². The van der Waals surface area contributed by atoms with Crippen molar-refractivity contribution < 1.29 is 9.63 Å². The zero-order chi connectivity index (χ0) is 24.8. The van der Waals surface area contributed by atoms with Gasteiger partial charge in [-0.25, -0.2) is 0 Å². The molecule has 0 radical (unpaired) electrons. The van der Waals surface area contributed by atoms with E-state index in [1.54, 1.807) is 12.1 Å². The van der Waals surface area contributed by atoms with E-state index in [1.165, 1.54) is 28.0 Å². The molecule has 0 saturated heterocycles. The summed E-state index contributed by atoms with van der Waals surface area (Å²) in [5.74, 6) is -0.144. The molecule has 1 unspecified atom stereocenters. The second-order valence-electron chi connectivity index (χ2n) is 9.06. The smallest absolute Gasteiger partial charge is 0.261 e. The molecule has 2 heterocycles. The lowest BCUT2D eigenvalue weighted by molar-refractivity contribution is 0.0755. The third kappa shape index (κ3) is 6.92. The molecule has 0 spiro atoms. The quantitative estimate of drug-likeness (QED) is 0.417. The number of hydrogen-bond donors (Lipinski definition) is 1. The van der Waals surface area contributed by atoms with Crippen LogP contribution in [-0.2, 0) is 11.4 Å². The highest BCUT2D eigenvalue weighted by molar-refractivity contribution is 7.18. The number of rotatable bonds is 10. The first kappa shape index (κ1) is 25.4. The average molecular weight is 511 g/mol. The number of likely N-dealkylation sites (N-methyl/N-ethyl adjacent to an activating group) is 2. The Hall–Kier alpha value is -2.71. The maximum absolute atomic E-state index is 12.2. The highest BCUT2D eigenvalue weighted by Crippen LogP contribution is 2.26. The van der Waals surface area contributed by atoms with E-state index in [0.717, 1.165) is 30.9 Å². The van der Waals surface area contributed by atoms with E-state index in [2.05, 4.69) is 89.9 Å². The van der Waals surface area contributed by atoms with Gasteiger partial charge < -0.3 is 20.0 Å². The van der Waals surface area contributed by atoms with E-state index in [4.69, 9.17) is 16.4 Å². The number of nitrogens with zero attached hydrogens (tertiary/aromatic N) is 3. The van der Waals surface area contributed by atoms with Crippen molar-refractivity contribution in [1.82, 2.24) is 15.1 Å². The van der Waals surface area contributed by atoms with Gasteiger partial charge in [0.05, 0.1) is 21.5 Å². The van der Waals surface area contributed by atoms with Crippen molar-refractivity contribution in [2.75, 3.05) is 40.8 Å². The van der Waals surface area contributed by atoms with Crippen LogP contribution >= 0.6 is 22.9 Å². The molecule has 2 aromatic carbocycles. The molecule has 1 aliphatic heterocycles. The molecule has 3 aromatic rings. The van der Waals surface area contributed by atoms with E-state index < -0.39 is 0 Å². The van der Waals surface area contributed by atoms with Crippen molar-refractivity contribution in [3.8, 4) is 11.1 Å². The predicted molar refractivity (Wildman–Crippen MR) is 144 cm³/mol. The van der Waals surface area contributed by atoms with Crippen LogP contribution in [0.25, 0.3) is 11.1 Å². The molecule has 1 amide bonds. The number of amides is 1. The first-order chi connectivity index (χ1) is 16.9. The summed E-state index contributed by atoms with van der Waals surface area (Å²) in [5, 5.41) is 7.17. The molecule has 8 heteroatoms. The molecule has 0 bridgehead atoms. The fourth-order valence-electron chi connectivity index (χ4n) is 3.96. The molecular formula is C27H31ClN4O2S. The number of oxime groups is 1. The number of benzene rings is 2. The molecule has 4 rings (SSSR count). The Labute approximate surface area is 216 Å². The zero-order valence-electron chi connectivity index (χ0n) is 20.3. The molecule has 1 aromatic heterocycles. The van der Waals surface area contributed by atoms with Crippen LogP contribution in [-0.4, -0.2) is 68.3 Å². The van der Waals surface area contributed by atoms with Crippen LogP contribution < -0.4 is 5.32 Å². The minimum atomic E-state index is -0.178. The van der Waals surface area contributed by atoms with Gasteiger partial charge in [0, 0.05) is 26.1 Å². The number of halogens is 1. The highest BCUT2D eigenvalue weighted by atomic mass is 35.5. The van der Waals surface area contributed by atoms with Crippen LogP contribution in [0.3, 0.4) is 0 Å². The van der Waals surface area contributed by atoms with E-state index in [0.29, 0.717) is 22.2 Å². The second-order valence-corrected chi connectivity index (χ2v) is 10.8. The minimum absolute atomic E-state index is 0.144. The molecule has 1 N–H and O–H groups in total. The Bertz CT molecular complexity index is 1180. The molecule has 35 heavy (non-hydrogen) atoms. The van der Waals surface area contributed by atoms with Gasteiger partial charge in [-0.2, -0.15) is 0 Å². The maximum atomic E-state index is 12.2. The number of hydrogen-bond acceptors (Lipinski definition) is 6. The van der Waals surface area contributed by atoms with E-state index >= 15 is 0 Å². The molecule has 0 saturated carbocycles. The first-order valence-corrected chi connectivity index (χ1v) is 12.9. The third-order valence-corrected chi connectivity index (χ3v) is 7.17. The van der Waals surface area contributed by atoms with Crippen molar-refractivity contribution in [1.29, 1.82) is 0 Å². The Kier molecular flexibility index (Phi) is 8.57. The van der Waals surface area contributed by atoms with Crippen LogP contribution in [0.5, 0.6) is 0 Å². The Morgan fingerprint density at radius 3 is 2.51 bits per heavy atom. The fraction of sp³-hybridized carbons (Fsp3) is 0.333. The van der Waals surface area contributed by atoms with Crippen LogP contribution in [0.15, 0.2) is 65.8 Å². The standard InChI is InChI=1S/C27H31ClN4O2S/c1-31(2)14-15-32(3)18-21-6-4-5-7-23(21)19-8-10-20(11-9-19)24-16-22(34-30-24)17-29-27(33)25-12-13-26(28)35-25/h4-13,22H,14-18H2,1-3H3,(H,29,33). The minimum Gasteiger partial charge on any atom is -0.390 e. The van der Waals surface area contributed by atoms with E-state index in [9.17, 15) is 4.79 Å². The van der Waals surface area contributed by atoms with Crippen molar-refractivity contribution in [3.05, 3.63) is 81.0 Å². The van der Waals surface area contributed by atoms with Crippen molar-refractivity contribution in [2.24, 2.45) is 5.16 Å².